The Labute approximate surface area is 114 Å². The third-order valence-electron chi connectivity index (χ3n) is 2.15. The van der Waals surface area contributed by atoms with Gasteiger partial charge in [0.15, 0.2) is 0 Å². The molecule has 0 atom stereocenters. The van der Waals surface area contributed by atoms with E-state index in [4.69, 9.17) is 4.74 Å². The van der Waals surface area contributed by atoms with Crippen LogP contribution in [0.15, 0.2) is 24.3 Å². The highest BCUT2D eigenvalue weighted by atomic mass is 32.2. The first-order valence-electron chi connectivity index (χ1n) is 5.97. The Morgan fingerprint density at radius 3 is 2.47 bits per heavy atom. The Morgan fingerprint density at radius 1 is 1.32 bits per heavy atom. The number of carbonyl (C=O) groups excluding carboxylic acids is 1. The molecule has 6 heteroatoms. The number of hydrogen-bond donors (Lipinski definition) is 1. The minimum Gasteiger partial charge on any atom is -0.456 e. The van der Waals surface area contributed by atoms with Gasteiger partial charge in [-0.05, 0) is 45.9 Å². The van der Waals surface area contributed by atoms with E-state index in [0.29, 0.717) is 11.3 Å². The molecule has 1 aromatic carbocycles. The van der Waals surface area contributed by atoms with Gasteiger partial charge < -0.3 is 4.74 Å². The van der Waals surface area contributed by atoms with Crippen molar-refractivity contribution in [3.05, 3.63) is 29.8 Å². The lowest BCUT2D eigenvalue weighted by molar-refractivity contribution is 0.00695. The quantitative estimate of drug-likeness (QED) is 0.862. The van der Waals surface area contributed by atoms with Crippen LogP contribution < -0.4 is 4.72 Å². The fraction of sp³-hybridized carbons (Fsp3) is 0.462. The zero-order valence-electron chi connectivity index (χ0n) is 11.6. The zero-order valence-corrected chi connectivity index (χ0v) is 12.4. The van der Waals surface area contributed by atoms with Crippen molar-refractivity contribution in [2.45, 2.75) is 33.3 Å². The van der Waals surface area contributed by atoms with Gasteiger partial charge in [-0.25, -0.2) is 13.2 Å². The van der Waals surface area contributed by atoms with Crippen molar-refractivity contribution in [3.63, 3.8) is 0 Å². The predicted octanol–water partition coefficient (Wildman–Crippen LogP) is 2.40. The topological polar surface area (TPSA) is 72.5 Å². The van der Waals surface area contributed by atoms with Crippen LogP contribution in [0.4, 0.5) is 5.69 Å². The SMILES string of the molecule is CCS(=O)(=O)Nc1cccc(C(=O)OC(C)(C)C)c1. The van der Waals surface area contributed by atoms with E-state index >= 15 is 0 Å². The number of rotatable bonds is 4. The maximum atomic E-state index is 11.8. The Hall–Kier alpha value is -1.56. The molecule has 0 aliphatic rings. The molecule has 1 N–H and O–H groups in total. The van der Waals surface area contributed by atoms with Crippen LogP contribution in [-0.4, -0.2) is 25.7 Å². The standard InChI is InChI=1S/C13H19NO4S/c1-5-19(16,17)14-11-8-6-7-10(9-11)12(15)18-13(2,3)4/h6-9,14H,5H2,1-4H3. The van der Waals surface area contributed by atoms with Gasteiger partial charge >= 0.3 is 5.97 Å². The van der Waals surface area contributed by atoms with Crippen LogP contribution in [-0.2, 0) is 14.8 Å². The van der Waals surface area contributed by atoms with Gasteiger partial charge in [0.1, 0.15) is 5.60 Å². The summed E-state index contributed by atoms with van der Waals surface area (Å²) in [4.78, 5) is 11.8. The van der Waals surface area contributed by atoms with Gasteiger partial charge in [0.25, 0.3) is 0 Å². The molecule has 0 radical (unpaired) electrons. The largest absolute Gasteiger partial charge is 0.456 e. The summed E-state index contributed by atoms with van der Waals surface area (Å²) in [5, 5.41) is 0. The number of nitrogens with one attached hydrogen (secondary N) is 1. The van der Waals surface area contributed by atoms with Gasteiger partial charge in [-0.2, -0.15) is 0 Å². The normalized spacial score (nSPS) is 12.0. The second kappa shape index (κ2) is 5.61. The van der Waals surface area contributed by atoms with Crippen LogP contribution in [0.3, 0.4) is 0 Å². The van der Waals surface area contributed by atoms with Crippen LogP contribution in [0.25, 0.3) is 0 Å². The van der Waals surface area contributed by atoms with Gasteiger partial charge in [-0.1, -0.05) is 6.07 Å². The number of sulfonamides is 1. The lowest BCUT2D eigenvalue weighted by Crippen LogP contribution is -2.24. The van der Waals surface area contributed by atoms with Crippen molar-refractivity contribution in [1.29, 1.82) is 0 Å². The molecule has 0 amide bonds. The number of esters is 1. The third-order valence-corrected chi connectivity index (χ3v) is 3.46. The van der Waals surface area contributed by atoms with Crippen molar-refractivity contribution in [2.24, 2.45) is 0 Å². The molecule has 0 heterocycles. The average molecular weight is 285 g/mol. The molecule has 1 aromatic rings. The number of benzene rings is 1. The molecule has 0 fully saturated rings. The Balaban J connectivity index is 2.92. The molecule has 0 aliphatic carbocycles. The molecule has 0 saturated heterocycles. The van der Waals surface area contributed by atoms with E-state index in [2.05, 4.69) is 4.72 Å². The summed E-state index contributed by atoms with van der Waals surface area (Å²) in [7, 11) is -3.35. The molecule has 0 spiro atoms. The van der Waals surface area contributed by atoms with Crippen molar-refractivity contribution < 1.29 is 17.9 Å². The lowest BCUT2D eigenvalue weighted by Gasteiger charge is -2.19. The fourth-order valence-electron chi connectivity index (χ4n) is 1.30. The molecule has 0 saturated carbocycles. The fourth-order valence-corrected chi connectivity index (χ4v) is 1.93. The number of hydrogen-bond acceptors (Lipinski definition) is 4. The molecule has 1 rings (SSSR count). The first kappa shape index (κ1) is 15.5. The smallest absolute Gasteiger partial charge is 0.338 e. The van der Waals surface area contributed by atoms with Gasteiger partial charge in [-0.3, -0.25) is 4.72 Å². The Morgan fingerprint density at radius 2 is 1.95 bits per heavy atom. The van der Waals surface area contributed by atoms with E-state index in [9.17, 15) is 13.2 Å². The summed E-state index contributed by atoms with van der Waals surface area (Å²) in [6.07, 6.45) is 0. The molecule has 0 aromatic heterocycles. The average Bonchev–Trinajstić information content (AvgIpc) is 2.26. The number of carbonyl (C=O) groups is 1. The highest BCUT2D eigenvalue weighted by molar-refractivity contribution is 7.92. The molecule has 19 heavy (non-hydrogen) atoms. The van der Waals surface area contributed by atoms with E-state index < -0.39 is 21.6 Å². The van der Waals surface area contributed by atoms with Gasteiger partial charge in [0.2, 0.25) is 10.0 Å². The summed E-state index contributed by atoms with van der Waals surface area (Å²) >= 11 is 0. The zero-order chi connectivity index (χ0) is 14.7. The van der Waals surface area contributed by atoms with Crippen molar-refractivity contribution >= 4 is 21.7 Å². The minimum absolute atomic E-state index is 0.0241. The van der Waals surface area contributed by atoms with E-state index in [1.807, 2.05) is 0 Å². The second-order valence-electron chi connectivity index (χ2n) is 5.09. The van der Waals surface area contributed by atoms with Crippen molar-refractivity contribution in [1.82, 2.24) is 0 Å². The summed E-state index contributed by atoms with van der Waals surface area (Å²) in [5.41, 5.74) is 0.0761. The molecule has 0 aliphatic heterocycles. The van der Waals surface area contributed by atoms with E-state index in [0.717, 1.165) is 0 Å². The Kier molecular flexibility index (Phi) is 4.57. The first-order chi connectivity index (χ1) is 8.63. The number of ether oxygens (including phenoxy) is 1. The molecule has 5 nitrogen and oxygen atoms in total. The van der Waals surface area contributed by atoms with Crippen molar-refractivity contribution in [2.75, 3.05) is 10.5 Å². The third kappa shape index (κ3) is 5.30. The highest BCUT2D eigenvalue weighted by Crippen LogP contribution is 2.16. The monoisotopic (exact) mass is 285 g/mol. The molecule has 0 unspecified atom stereocenters. The molecule has 0 bridgehead atoms. The van der Waals surface area contributed by atoms with Crippen LogP contribution in [0.1, 0.15) is 38.1 Å². The van der Waals surface area contributed by atoms with Crippen LogP contribution in [0.5, 0.6) is 0 Å². The first-order valence-corrected chi connectivity index (χ1v) is 7.62. The van der Waals surface area contributed by atoms with Gasteiger partial charge in [-0.15, -0.1) is 0 Å². The molecular formula is C13H19NO4S. The summed E-state index contributed by atoms with van der Waals surface area (Å²) < 4.78 is 30.5. The van der Waals surface area contributed by atoms with E-state index in [1.54, 1.807) is 45.9 Å². The van der Waals surface area contributed by atoms with Crippen LogP contribution in [0, 0.1) is 0 Å². The van der Waals surface area contributed by atoms with E-state index in [1.165, 1.54) is 6.07 Å². The van der Waals surface area contributed by atoms with Gasteiger partial charge in [0, 0.05) is 5.69 Å². The van der Waals surface area contributed by atoms with Crippen LogP contribution >= 0.6 is 0 Å². The second-order valence-corrected chi connectivity index (χ2v) is 7.10. The Bertz CT molecular complexity index is 558. The maximum Gasteiger partial charge on any atom is 0.338 e. The highest BCUT2D eigenvalue weighted by Gasteiger charge is 2.18. The summed E-state index contributed by atoms with van der Waals surface area (Å²) in [5.74, 6) is -0.506. The van der Waals surface area contributed by atoms with Crippen molar-refractivity contribution in [3.8, 4) is 0 Å². The molecular weight excluding hydrogens is 266 g/mol. The van der Waals surface area contributed by atoms with Gasteiger partial charge in [0.05, 0.1) is 11.3 Å². The predicted molar refractivity (Wildman–Crippen MR) is 74.7 cm³/mol. The van der Waals surface area contributed by atoms with Crippen LogP contribution in [0.2, 0.25) is 0 Å². The van der Waals surface area contributed by atoms with E-state index in [-0.39, 0.29) is 5.75 Å². The minimum atomic E-state index is -3.35. The molecule has 106 valence electrons. The summed E-state index contributed by atoms with van der Waals surface area (Å²) in [6.45, 7) is 6.86. The lowest BCUT2D eigenvalue weighted by atomic mass is 10.1. The number of anilines is 1. The maximum absolute atomic E-state index is 11.8. The summed E-state index contributed by atoms with van der Waals surface area (Å²) in [6, 6.07) is 6.23.